The van der Waals surface area contributed by atoms with Gasteiger partial charge in [-0.3, -0.25) is 9.88 Å². The highest BCUT2D eigenvalue weighted by atomic mass is 35.5. The monoisotopic (exact) mass is 473 g/mol. The summed E-state index contributed by atoms with van der Waals surface area (Å²) in [7, 11) is 0. The average molecular weight is 474 g/mol. The number of benzene rings is 3. The Kier molecular flexibility index (Phi) is 7.13. The molecule has 1 aliphatic rings. The Hall–Kier alpha value is -3.28. The van der Waals surface area contributed by atoms with Crippen molar-refractivity contribution in [2.75, 3.05) is 25.2 Å². The molecule has 0 saturated carbocycles. The van der Waals surface area contributed by atoms with Crippen LogP contribution in [-0.4, -0.2) is 29.8 Å². The van der Waals surface area contributed by atoms with Gasteiger partial charge in [-0.1, -0.05) is 54.1 Å². The molecule has 5 rings (SSSR count). The van der Waals surface area contributed by atoms with E-state index in [4.69, 9.17) is 21.1 Å². The summed E-state index contributed by atoms with van der Waals surface area (Å²) in [5.41, 5.74) is 4.49. The summed E-state index contributed by atoms with van der Waals surface area (Å²) in [4.78, 5) is 6.91. The van der Waals surface area contributed by atoms with Crippen molar-refractivity contribution in [2.24, 2.45) is 0 Å². The fourth-order valence-corrected chi connectivity index (χ4v) is 4.54. The minimum absolute atomic E-state index is 0.298. The second kappa shape index (κ2) is 10.8. The molecule has 0 spiro atoms. The molecule has 4 aromatic rings. The number of para-hydroxylation sites is 1. The van der Waals surface area contributed by atoms with Gasteiger partial charge in [0.25, 0.3) is 0 Å². The molecule has 0 saturated heterocycles. The van der Waals surface area contributed by atoms with Gasteiger partial charge >= 0.3 is 0 Å². The first-order valence-electron chi connectivity index (χ1n) is 11.7. The zero-order valence-electron chi connectivity index (χ0n) is 19.0. The fraction of sp³-hybridized carbons (Fsp3) is 0.250. The fourth-order valence-electron chi connectivity index (χ4n) is 4.37. The zero-order chi connectivity index (χ0) is 23.2. The summed E-state index contributed by atoms with van der Waals surface area (Å²) in [6, 6.07) is 24.6. The predicted molar refractivity (Wildman–Crippen MR) is 138 cm³/mol. The van der Waals surface area contributed by atoms with Crippen molar-refractivity contribution in [3.63, 3.8) is 0 Å². The third-order valence-electron chi connectivity index (χ3n) is 6.04. The lowest BCUT2D eigenvalue weighted by Crippen LogP contribution is -2.24. The van der Waals surface area contributed by atoms with Gasteiger partial charge in [-0.25, -0.2) is 0 Å². The predicted octanol–water partition coefficient (Wildman–Crippen LogP) is 6.51. The van der Waals surface area contributed by atoms with Crippen LogP contribution >= 0.6 is 11.6 Å². The first kappa shape index (κ1) is 22.5. The zero-order valence-corrected chi connectivity index (χ0v) is 19.8. The van der Waals surface area contributed by atoms with E-state index in [-0.39, 0.29) is 0 Å². The van der Waals surface area contributed by atoms with Gasteiger partial charge in [-0.2, -0.15) is 0 Å². The van der Waals surface area contributed by atoms with Crippen molar-refractivity contribution < 1.29 is 9.47 Å². The molecule has 5 nitrogen and oxygen atoms in total. The maximum atomic E-state index is 6.11. The maximum Gasteiger partial charge on any atom is 0.231 e. The summed E-state index contributed by atoms with van der Waals surface area (Å²) in [5, 5.41) is 5.38. The summed E-state index contributed by atoms with van der Waals surface area (Å²) in [6.07, 6.45) is 3.98. The number of ether oxygens (including phenoxy) is 2. The van der Waals surface area contributed by atoms with Crippen molar-refractivity contribution in [2.45, 2.75) is 25.9 Å². The van der Waals surface area contributed by atoms with E-state index in [0.29, 0.717) is 11.8 Å². The molecule has 1 aromatic heterocycles. The number of rotatable bonds is 10. The normalized spacial score (nSPS) is 12.4. The van der Waals surface area contributed by atoms with Gasteiger partial charge in [-0.15, -0.1) is 0 Å². The van der Waals surface area contributed by atoms with Gasteiger partial charge in [0.15, 0.2) is 11.5 Å². The Morgan fingerprint density at radius 1 is 0.912 bits per heavy atom. The number of anilines is 1. The largest absolute Gasteiger partial charge is 0.454 e. The SMILES string of the molecule is Clc1ccc2c(NCCCCN(Cc3ccccc3)Cc3cccc4c3OCO4)ccnc2c1. The van der Waals surface area contributed by atoms with Gasteiger partial charge in [0.2, 0.25) is 6.79 Å². The molecule has 6 heteroatoms. The van der Waals surface area contributed by atoms with Crippen LogP contribution in [0.4, 0.5) is 5.69 Å². The van der Waals surface area contributed by atoms with Crippen LogP contribution in [0.15, 0.2) is 79.0 Å². The van der Waals surface area contributed by atoms with Gasteiger partial charge < -0.3 is 14.8 Å². The molecule has 0 radical (unpaired) electrons. The molecule has 0 atom stereocenters. The van der Waals surface area contributed by atoms with Crippen molar-refractivity contribution in [1.82, 2.24) is 9.88 Å². The van der Waals surface area contributed by atoms with E-state index in [1.807, 2.05) is 42.6 Å². The van der Waals surface area contributed by atoms with E-state index in [9.17, 15) is 0 Å². The van der Waals surface area contributed by atoms with Crippen LogP contribution in [0, 0.1) is 0 Å². The third kappa shape index (κ3) is 5.44. The van der Waals surface area contributed by atoms with Crippen molar-refractivity contribution in [3.05, 3.63) is 95.1 Å². The number of nitrogens with one attached hydrogen (secondary N) is 1. The van der Waals surface area contributed by atoms with Crippen molar-refractivity contribution >= 4 is 28.2 Å². The van der Waals surface area contributed by atoms with Gasteiger partial charge in [-0.05, 0) is 55.3 Å². The molecular weight excluding hydrogens is 446 g/mol. The Morgan fingerprint density at radius 3 is 2.74 bits per heavy atom. The van der Waals surface area contributed by atoms with Crippen LogP contribution in [0.3, 0.4) is 0 Å². The first-order valence-corrected chi connectivity index (χ1v) is 12.1. The topological polar surface area (TPSA) is 46.6 Å². The number of pyridine rings is 1. The van der Waals surface area contributed by atoms with Crippen molar-refractivity contribution in [1.29, 1.82) is 0 Å². The molecule has 3 aromatic carbocycles. The minimum atomic E-state index is 0.298. The number of fused-ring (bicyclic) bond motifs is 2. The molecule has 0 bridgehead atoms. The smallest absolute Gasteiger partial charge is 0.231 e. The molecule has 1 N–H and O–H groups in total. The highest BCUT2D eigenvalue weighted by molar-refractivity contribution is 6.31. The summed E-state index contributed by atoms with van der Waals surface area (Å²) in [6.45, 7) is 3.91. The van der Waals surface area contributed by atoms with E-state index in [1.54, 1.807) is 0 Å². The second-order valence-corrected chi connectivity index (χ2v) is 8.94. The number of aromatic nitrogens is 1. The van der Waals surface area contributed by atoms with E-state index in [1.165, 1.54) is 11.1 Å². The molecule has 0 fully saturated rings. The Labute approximate surface area is 205 Å². The summed E-state index contributed by atoms with van der Waals surface area (Å²) >= 11 is 6.11. The number of unbranched alkanes of at least 4 members (excludes halogenated alkanes) is 1. The van der Waals surface area contributed by atoms with E-state index in [0.717, 1.165) is 67.1 Å². The van der Waals surface area contributed by atoms with Crippen molar-refractivity contribution in [3.8, 4) is 11.5 Å². The van der Waals surface area contributed by atoms with Gasteiger partial charge in [0, 0.05) is 47.5 Å². The number of halogens is 1. The van der Waals surface area contributed by atoms with E-state index in [2.05, 4.69) is 51.6 Å². The summed E-state index contributed by atoms with van der Waals surface area (Å²) in [5.74, 6) is 1.72. The molecule has 174 valence electrons. The van der Waals surface area contributed by atoms with Crippen LogP contribution < -0.4 is 14.8 Å². The van der Waals surface area contributed by atoms with Crippen LogP contribution in [0.2, 0.25) is 5.02 Å². The molecule has 1 aliphatic heterocycles. The van der Waals surface area contributed by atoms with Crippen LogP contribution in [0.5, 0.6) is 11.5 Å². The molecule has 0 amide bonds. The lowest BCUT2D eigenvalue weighted by atomic mass is 10.1. The van der Waals surface area contributed by atoms with Gasteiger partial charge in [0.05, 0.1) is 5.52 Å². The first-order chi connectivity index (χ1) is 16.8. The lowest BCUT2D eigenvalue weighted by Gasteiger charge is -2.23. The Bertz CT molecular complexity index is 1250. The van der Waals surface area contributed by atoms with Crippen LogP contribution in [0.1, 0.15) is 24.0 Å². The molecule has 0 unspecified atom stereocenters. The molecule has 34 heavy (non-hydrogen) atoms. The molecule has 0 aliphatic carbocycles. The highest BCUT2D eigenvalue weighted by Crippen LogP contribution is 2.36. The second-order valence-electron chi connectivity index (χ2n) is 8.50. The quantitative estimate of drug-likeness (QED) is 0.266. The minimum Gasteiger partial charge on any atom is -0.454 e. The van der Waals surface area contributed by atoms with Crippen LogP contribution in [-0.2, 0) is 13.1 Å². The highest BCUT2D eigenvalue weighted by Gasteiger charge is 2.19. The Balaban J connectivity index is 1.20. The lowest BCUT2D eigenvalue weighted by molar-refractivity contribution is 0.171. The third-order valence-corrected chi connectivity index (χ3v) is 6.28. The maximum absolute atomic E-state index is 6.11. The van der Waals surface area contributed by atoms with E-state index < -0.39 is 0 Å². The summed E-state index contributed by atoms with van der Waals surface area (Å²) < 4.78 is 11.3. The van der Waals surface area contributed by atoms with E-state index >= 15 is 0 Å². The van der Waals surface area contributed by atoms with Crippen LogP contribution in [0.25, 0.3) is 10.9 Å². The standard InChI is InChI=1S/C28H28ClN3O2/c29-23-11-12-24-25(13-15-31-26(24)17-23)30-14-4-5-16-32(18-21-7-2-1-3-8-21)19-22-9-6-10-27-28(22)34-20-33-27/h1-3,6-13,15,17H,4-5,14,16,18-20H2,(H,30,31). The average Bonchev–Trinajstić information content (AvgIpc) is 3.34. The number of hydrogen-bond donors (Lipinski definition) is 1. The Morgan fingerprint density at radius 2 is 1.82 bits per heavy atom. The number of hydrogen-bond acceptors (Lipinski definition) is 5. The molecular formula is C28H28ClN3O2. The van der Waals surface area contributed by atoms with Gasteiger partial charge in [0.1, 0.15) is 0 Å². The molecule has 2 heterocycles. The number of nitrogens with zero attached hydrogens (tertiary/aromatic N) is 2.